The zero-order valence-electron chi connectivity index (χ0n) is 10.0. The summed E-state index contributed by atoms with van der Waals surface area (Å²) in [7, 11) is 1.29. The van der Waals surface area contributed by atoms with Crippen LogP contribution in [0.4, 0.5) is 0 Å². The zero-order chi connectivity index (χ0) is 14.2. The Bertz CT molecular complexity index is 744. The molecule has 0 fully saturated rings. The normalized spacial score (nSPS) is 12.0. The van der Waals surface area contributed by atoms with E-state index < -0.39 is 9.05 Å². The van der Waals surface area contributed by atoms with Crippen molar-refractivity contribution >= 4 is 19.7 Å². The fourth-order valence-corrected chi connectivity index (χ4v) is 2.54. The van der Waals surface area contributed by atoms with Gasteiger partial charge < -0.3 is 0 Å². The molecule has 0 aromatic carbocycles. The van der Waals surface area contributed by atoms with Gasteiger partial charge in [-0.25, -0.2) is 13.5 Å². The van der Waals surface area contributed by atoms with E-state index in [1.807, 2.05) is 0 Å². The molecular weight excluding hydrogens is 294 g/mol. The van der Waals surface area contributed by atoms with Gasteiger partial charge >= 0.3 is 0 Å². The number of aromatic nitrogens is 5. The lowest BCUT2D eigenvalue weighted by Gasteiger charge is -2.11. The first-order valence-electron chi connectivity index (χ1n) is 5.26. The third-order valence-electron chi connectivity index (χ3n) is 2.31. The number of hydrogen-bond donors (Lipinski definition) is 1. The van der Waals surface area contributed by atoms with E-state index in [0.29, 0.717) is 5.69 Å². The molecule has 0 radical (unpaired) electrons. The second-order valence-corrected chi connectivity index (χ2v) is 6.47. The third-order valence-corrected chi connectivity index (χ3v) is 3.44. The summed E-state index contributed by atoms with van der Waals surface area (Å²) in [6, 6.07) is 2.44. The van der Waals surface area contributed by atoms with Crippen molar-refractivity contribution in [3.05, 3.63) is 22.5 Å². The Balaban J connectivity index is 2.69. The van der Waals surface area contributed by atoms with Crippen molar-refractivity contribution in [3.8, 4) is 11.5 Å². The molecule has 0 spiro atoms. The summed E-state index contributed by atoms with van der Waals surface area (Å²) in [5, 5.41) is 13.0. The SMILES string of the molecule is CC(C)n1c(-c2ccc(=O)[nH]n2)nnc1S(=O)(=O)Cl. The summed E-state index contributed by atoms with van der Waals surface area (Å²) < 4.78 is 24.2. The van der Waals surface area contributed by atoms with E-state index in [1.165, 1.54) is 16.7 Å². The van der Waals surface area contributed by atoms with Crippen LogP contribution >= 0.6 is 10.7 Å². The number of halogens is 1. The van der Waals surface area contributed by atoms with Gasteiger partial charge in [-0.2, -0.15) is 5.10 Å². The highest BCUT2D eigenvalue weighted by Gasteiger charge is 2.25. The van der Waals surface area contributed by atoms with Crippen molar-refractivity contribution < 1.29 is 8.42 Å². The lowest BCUT2D eigenvalue weighted by atomic mass is 10.3. The molecule has 2 aromatic heterocycles. The van der Waals surface area contributed by atoms with Gasteiger partial charge in [0, 0.05) is 22.8 Å². The molecule has 0 atom stereocenters. The number of hydrogen-bond acceptors (Lipinski definition) is 6. The van der Waals surface area contributed by atoms with Crippen LogP contribution in [0.15, 0.2) is 22.1 Å². The molecular formula is C9H10ClN5O3S. The van der Waals surface area contributed by atoms with E-state index in [0.717, 1.165) is 0 Å². The van der Waals surface area contributed by atoms with Crippen LogP contribution in [0, 0.1) is 0 Å². The molecule has 0 saturated carbocycles. The van der Waals surface area contributed by atoms with Crippen LogP contribution in [0.5, 0.6) is 0 Å². The standard InChI is InChI=1S/C9H10ClN5O3S/c1-5(2)15-8(6-3-4-7(16)12-11-6)13-14-9(15)19(10,17)18/h3-5H,1-2H3,(H,12,16). The maximum atomic E-state index is 11.4. The maximum absolute atomic E-state index is 11.4. The predicted molar refractivity (Wildman–Crippen MR) is 67.3 cm³/mol. The molecule has 2 aromatic rings. The zero-order valence-corrected chi connectivity index (χ0v) is 11.6. The van der Waals surface area contributed by atoms with Crippen LogP contribution in [-0.2, 0) is 9.05 Å². The lowest BCUT2D eigenvalue weighted by molar-refractivity contribution is 0.530. The fraction of sp³-hybridized carbons (Fsp3) is 0.333. The van der Waals surface area contributed by atoms with Crippen LogP contribution in [0.3, 0.4) is 0 Å². The first kappa shape index (κ1) is 13.7. The van der Waals surface area contributed by atoms with Gasteiger partial charge in [-0.15, -0.1) is 10.2 Å². The van der Waals surface area contributed by atoms with Gasteiger partial charge in [0.2, 0.25) is 0 Å². The Morgan fingerprint density at radius 3 is 2.47 bits per heavy atom. The second-order valence-electron chi connectivity index (χ2n) is 4.01. The van der Waals surface area contributed by atoms with Gasteiger partial charge in [0.1, 0.15) is 5.69 Å². The molecule has 0 amide bonds. The molecule has 0 unspecified atom stereocenters. The van der Waals surface area contributed by atoms with Gasteiger partial charge in [0.05, 0.1) is 0 Å². The summed E-state index contributed by atoms with van der Waals surface area (Å²) in [6.45, 7) is 3.51. The Morgan fingerprint density at radius 1 is 1.32 bits per heavy atom. The predicted octanol–water partition coefficient (Wildman–Crippen LogP) is 0.537. The van der Waals surface area contributed by atoms with Crippen molar-refractivity contribution in [2.75, 3.05) is 0 Å². The first-order chi connectivity index (χ1) is 8.80. The molecule has 0 aliphatic heterocycles. The van der Waals surface area contributed by atoms with E-state index >= 15 is 0 Å². The number of nitrogens with zero attached hydrogens (tertiary/aromatic N) is 4. The van der Waals surface area contributed by atoms with Gasteiger partial charge in [0.25, 0.3) is 19.8 Å². The minimum absolute atomic E-state index is 0.213. The van der Waals surface area contributed by atoms with E-state index in [9.17, 15) is 13.2 Å². The monoisotopic (exact) mass is 303 g/mol. The number of H-pyrrole nitrogens is 1. The molecule has 1 N–H and O–H groups in total. The summed E-state index contributed by atoms with van der Waals surface area (Å²) >= 11 is 0. The smallest absolute Gasteiger partial charge is 0.293 e. The van der Waals surface area contributed by atoms with Gasteiger partial charge in [0.15, 0.2) is 5.82 Å². The number of rotatable bonds is 3. The largest absolute Gasteiger partial charge is 0.296 e. The van der Waals surface area contributed by atoms with E-state index in [-0.39, 0.29) is 22.6 Å². The van der Waals surface area contributed by atoms with Crippen LogP contribution in [0.25, 0.3) is 11.5 Å². The molecule has 10 heteroatoms. The van der Waals surface area contributed by atoms with Crippen molar-refractivity contribution in [2.45, 2.75) is 25.0 Å². The number of nitrogens with one attached hydrogen (secondary N) is 1. The Hall–Kier alpha value is -1.74. The minimum atomic E-state index is -4.01. The van der Waals surface area contributed by atoms with Crippen molar-refractivity contribution in [1.29, 1.82) is 0 Å². The van der Waals surface area contributed by atoms with Gasteiger partial charge in [-0.3, -0.25) is 9.36 Å². The average Bonchev–Trinajstić information content (AvgIpc) is 2.74. The molecule has 102 valence electrons. The molecule has 8 nitrogen and oxygen atoms in total. The number of aromatic amines is 1. The highest BCUT2D eigenvalue weighted by atomic mass is 35.7. The van der Waals surface area contributed by atoms with Gasteiger partial charge in [-0.05, 0) is 19.9 Å². The highest BCUT2D eigenvalue weighted by molar-refractivity contribution is 8.13. The van der Waals surface area contributed by atoms with Crippen LogP contribution in [0.1, 0.15) is 19.9 Å². The maximum Gasteiger partial charge on any atom is 0.296 e. The van der Waals surface area contributed by atoms with Crippen LogP contribution in [0.2, 0.25) is 0 Å². The molecule has 2 rings (SSSR count). The topological polar surface area (TPSA) is 111 Å². The van der Waals surface area contributed by atoms with Crippen molar-refractivity contribution in [3.63, 3.8) is 0 Å². The molecule has 0 bridgehead atoms. The molecule has 2 heterocycles. The molecule has 19 heavy (non-hydrogen) atoms. The fourth-order valence-electron chi connectivity index (χ4n) is 1.55. The molecule has 0 aliphatic carbocycles. The molecule has 0 aliphatic rings. The van der Waals surface area contributed by atoms with Crippen LogP contribution in [-0.4, -0.2) is 33.4 Å². The van der Waals surface area contributed by atoms with Crippen molar-refractivity contribution in [2.24, 2.45) is 0 Å². The molecule has 0 saturated heterocycles. The quantitative estimate of drug-likeness (QED) is 0.828. The van der Waals surface area contributed by atoms with E-state index in [1.54, 1.807) is 13.8 Å². The second kappa shape index (κ2) is 4.74. The van der Waals surface area contributed by atoms with Gasteiger partial charge in [-0.1, -0.05) is 0 Å². The summed E-state index contributed by atoms with van der Waals surface area (Å²) in [5.74, 6) is 0.213. The lowest BCUT2D eigenvalue weighted by Crippen LogP contribution is -2.12. The van der Waals surface area contributed by atoms with Crippen molar-refractivity contribution in [1.82, 2.24) is 25.0 Å². The minimum Gasteiger partial charge on any atom is -0.293 e. The highest BCUT2D eigenvalue weighted by Crippen LogP contribution is 2.24. The summed E-state index contributed by atoms with van der Waals surface area (Å²) in [6.07, 6.45) is 0. The van der Waals surface area contributed by atoms with E-state index in [4.69, 9.17) is 10.7 Å². The summed E-state index contributed by atoms with van der Waals surface area (Å²) in [4.78, 5) is 11.0. The van der Waals surface area contributed by atoms with E-state index in [2.05, 4.69) is 20.4 Å². The Morgan fingerprint density at radius 2 is 2.00 bits per heavy atom. The third kappa shape index (κ3) is 2.66. The summed E-state index contributed by atoms with van der Waals surface area (Å²) in [5.41, 5.74) is -0.0723. The average molecular weight is 304 g/mol. The Kier molecular flexibility index (Phi) is 3.42. The Labute approximate surface area is 112 Å². The van der Waals surface area contributed by atoms with Crippen LogP contribution < -0.4 is 5.56 Å². The first-order valence-corrected chi connectivity index (χ1v) is 7.57.